The van der Waals surface area contributed by atoms with Crippen LogP contribution < -0.4 is 15.1 Å². The Morgan fingerprint density at radius 2 is 1.14 bits per heavy atom. The minimum atomic E-state index is 0.420. The van der Waals surface area contributed by atoms with E-state index in [0.717, 1.165) is 49.9 Å². The Morgan fingerprint density at radius 3 is 1.71 bits per heavy atom. The molecule has 58 heavy (non-hydrogen) atoms. The normalized spacial score (nSPS) is 18.5. The summed E-state index contributed by atoms with van der Waals surface area (Å²) in [7, 11) is 4.23. The van der Waals surface area contributed by atoms with Crippen LogP contribution in [0.5, 0.6) is 0 Å². The molecule has 0 amide bonds. The van der Waals surface area contributed by atoms with Gasteiger partial charge in [0.25, 0.3) is 0 Å². The average Bonchev–Trinajstić information content (AvgIpc) is 4.10. The molecule has 10 heteroatoms. The van der Waals surface area contributed by atoms with E-state index in [0.29, 0.717) is 5.78 Å². The van der Waals surface area contributed by atoms with Crippen molar-refractivity contribution in [2.45, 2.75) is 57.8 Å². The molecule has 0 saturated carbocycles. The van der Waals surface area contributed by atoms with E-state index in [4.69, 9.17) is 0 Å². The molecule has 3 aromatic carbocycles. The predicted molar refractivity (Wildman–Crippen MR) is 249 cm³/mol. The first-order chi connectivity index (χ1) is 28.4. The number of aromatic nitrogens is 3. The number of halogens is 1. The SMILES string of the molecule is Brc1ccc2cc[nH]c2c1.C1CCNC1.CN1CC=C(c2c[nH]c3cc(N4CCCC4)ccc23)CC1.CN1CCC(=O)CC1.c1cc2ccc(N3CCCC3)cc2[nH]1. The summed E-state index contributed by atoms with van der Waals surface area (Å²) in [6, 6.07) is 23.9. The van der Waals surface area contributed by atoms with Crippen molar-refractivity contribution in [1.29, 1.82) is 0 Å². The summed E-state index contributed by atoms with van der Waals surface area (Å²) in [5, 5.41) is 7.14. The van der Waals surface area contributed by atoms with E-state index in [9.17, 15) is 4.79 Å². The van der Waals surface area contributed by atoms with E-state index in [1.165, 1.54) is 133 Å². The van der Waals surface area contributed by atoms with Crippen molar-refractivity contribution >= 4 is 71.4 Å². The Labute approximate surface area is 353 Å². The van der Waals surface area contributed by atoms with E-state index >= 15 is 0 Å². The van der Waals surface area contributed by atoms with Crippen molar-refractivity contribution in [3.63, 3.8) is 0 Å². The first-order valence-corrected chi connectivity index (χ1v) is 22.4. The maximum Gasteiger partial charge on any atom is 0.135 e. The summed E-state index contributed by atoms with van der Waals surface area (Å²) in [6.07, 6.45) is 19.3. The molecule has 9 nitrogen and oxygen atoms in total. The number of likely N-dealkylation sites (N-methyl/N-ethyl adjacent to an activating group) is 1. The molecule has 5 aliphatic rings. The molecule has 3 aromatic heterocycles. The number of piperidine rings is 1. The number of nitrogens with zero attached hydrogens (tertiary/aromatic N) is 4. The maximum absolute atomic E-state index is 10.6. The minimum Gasteiger partial charge on any atom is -0.371 e. The number of nitrogens with one attached hydrogen (secondary N) is 4. The molecule has 6 aromatic rings. The number of H-pyrrole nitrogens is 3. The zero-order valence-corrected chi connectivity index (χ0v) is 36.3. The summed E-state index contributed by atoms with van der Waals surface area (Å²) in [6.45, 7) is 11.5. The molecule has 0 unspecified atom stereocenters. The number of Topliss-reactive ketones (excluding diaryl/α,β-unsaturated/α-hetero) is 1. The molecule has 0 bridgehead atoms. The van der Waals surface area contributed by atoms with E-state index < -0.39 is 0 Å². The molecule has 4 N–H and O–H groups in total. The molecule has 5 aliphatic heterocycles. The van der Waals surface area contributed by atoms with Gasteiger partial charge in [0, 0.05) is 127 Å². The lowest BCUT2D eigenvalue weighted by Crippen LogP contribution is -2.29. The number of hydrogen-bond donors (Lipinski definition) is 4. The molecule has 0 radical (unpaired) electrons. The lowest BCUT2D eigenvalue weighted by molar-refractivity contribution is -0.121. The number of hydrogen-bond acceptors (Lipinski definition) is 6. The molecule has 0 atom stereocenters. The van der Waals surface area contributed by atoms with Crippen molar-refractivity contribution in [1.82, 2.24) is 30.1 Å². The van der Waals surface area contributed by atoms with Gasteiger partial charge in [-0.3, -0.25) is 4.79 Å². The first-order valence-electron chi connectivity index (χ1n) is 21.6. The van der Waals surface area contributed by atoms with Gasteiger partial charge in [0.1, 0.15) is 5.78 Å². The van der Waals surface area contributed by atoms with Gasteiger partial charge in [0.05, 0.1) is 0 Å². The molecule has 4 saturated heterocycles. The maximum atomic E-state index is 10.6. The molecule has 308 valence electrons. The van der Waals surface area contributed by atoms with Crippen LogP contribution in [0.25, 0.3) is 38.3 Å². The molecular formula is C48H63BrN8O. The summed E-state index contributed by atoms with van der Waals surface area (Å²) >= 11 is 3.40. The Balaban J connectivity index is 0.000000120. The zero-order valence-electron chi connectivity index (χ0n) is 34.7. The highest BCUT2D eigenvalue weighted by molar-refractivity contribution is 9.10. The zero-order chi connectivity index (χ0) is 40.1. The van der Waals surface area contributed by atoms with Gasteiger partial charge in [-0.15, -0.1) is 0 Å². The molecule has 4 fully saturated rings. The van der Waals surface area contributed by atoms with E-state index in [1.54, 1.807) is 0 Å². The fourth-order valence-electron chi connectivity index (χ4n) is 8.29. The van der Waals surface area contributed by atoms with E-state index in [-0.39, 0.29) is 0 Å². The number of anilines is 2. The third-order valence-electron chi connectivity index (χ3n) is 11.9. The number of aromatic amines is 3. The van der Waals surface area contributed by atoms with Crippen LogP contribution >= 0.6 is 15.9 Å². The molecule has 0 spiro atoms. The Morgan fingerprint density at radius 1 is 0.569 bits per heavy atom. The summed E-state index contributed by atoms with van der Waals surface area (Å²) in [5.41, 5.74) is 9.31. The van der Waals surface area contributed by atoms with Crippen LogP contribution in [0.1, 0.15) is 63.4 Å². The van der Waals surface area contributed by atoms with Crippen LogP contribution in [0.2, 0.25) is 0 Å². The monoisotopic (exact) mass is 846 g/mol. The van der Waals surface area contributed by atoms with Crippen molar-refractivity contribution in [3.05, 3.63) is 101 Å². The standard InChI is InChI=1S/C18H23N3.C12H14N2.C8H6BrN.C6H11NO.C4H9N/c1-20-10-6-14(7-11-20)17-13-19-18-12-15(4-5-16(17)18)21-8-2-3-9-21;1-2-8-14(7-1)11-4-3-10-5-6-13-12(10)9-11;9-7-2-1-6-3-4-10-8(6)5-7;1-7-4-2-6(8)3-5-7;1-2-4-5-3-1/h4-6,12-13,19H,2-3,7-11H2,1H3;3-6,9,13H,1-2,7-8H2;1-5,10H;2-5H2,1H3;5H,1-4H2. The lowest BCUT2D eigenvalue weighted by atomic mass is 9.99. The molecule has 8 heterocycles. The number of carbonyl (C=O) groups excluding carboxylic acids is 1. The molecule has 0 aliphatic carbocycles. The quantitative estimate of drug-likeness (QED) is 0.142. The third kappa shape index (κ3) is 11.6. The van der Waals surface area contributed by atoms with Gasteiger partial charge >= 0.3 is 0 Å². The number of likely N-dealkylation sites (tertiary alicyclic amines) is 1. The van der Waals surface area contributed by atoms with Gasteiger partial charge in [-0.1, -0.05) is 40.2 Å². The van der Waals surface area contributed by atoms with Gasteiger partial charge in [-0.05, 0) is 137 Å². The molecule has 11 rings (SSSR count). The second kappa shape index (κ2) is 21.1. The second-order valence-corrected chi connectivity index (χ2v) is 17.2. The van der Waals surface area contributed by atoms with Crippen molar-refractivity contribution < 1.29 is 4.79 Å². The van der Waals surface area contributed by atoms with Gasteiger partial charge in [0.15, 0.2) is 0 Å². The summed E-state index contributed by atoms with van der Waals surface area (Å²) in [4.78, 5) is 29.9. The summed E-state index contributed by atoms with van der Waals surface area (Å²) in [5.74, 6) is 0.420. The van der Waals surface area contributed by atoms with E-state index in [2.05, 4.69) is 136 Å². The van der Waals surface area contributed by atoms with Crippen molar-refractivity contribution in [2.75, 3.05) is 89.3 Å². The van der Waals surface area contributed by atoms with Crippen molar-refractivity contribution in [3.8, 4) is 0 Å². The highest BCUT2D eigenvalue weighted by atomic mass is 79.9. The van der Waals surface area contributed by atoms with Crippen LogP contribution in [0.3, 0.4) is 0 Å². The van der Waals surface area contributed by atoms with E-state index in [1.807, 2.05) is 25.5 Å². The van der Waals surface area contributed by atoms with Gasteiger partial charge < -0.3 is 39.9 Å². The van der Waals surface area contributed by atoms with Crippen LogP contribution in [0, 0.1) is 0 Å². The number of benzene rings is 3. The van der Waals surface area contributed by atoms with Gasteiger partial charge in [-0.25, -0.2) is 0 Å². The minimum absolute atomic E-state index is 0.420. The third-order valence-corrected chi connectivity index (χ3v) is 12.4. The smallest absolute Gasteiger partial charge is 0.135 e. The number of ketones is 1. The number of fused-ring (bicyclic) bond motifs is 3. The fraction of sp³-hybridized carbons (Fsp3) is 0.438. The van der Waals surface area contributed by atoms with Gasteiger partial charge in [0.2, 0.25) is 0 Å². The number of rotatable bonds is 3. The van der Waals surface area contributed by atoms with Crippen LogP contribution in [0.4, 0.5) is 11.4 Å². The number of carbonyl (C=O) groups is 1. The first kappa shape index (κ1) is 41.8. The van der Waals surface area contributed by atoms with Crippen LogP contribution in [-0.2, 0) is 4.79 Å². The lowest BCUT2D eigenvalue weighted by Gasteiger charge is -2.22. The highest BCUT2D eigenvalue weighted by Gasteiger charge is 2.17. The predicted octanol–water partition coefficient (Wildman–Crippen LogP) is 9.84. The van der Waals surface area contributed by atoms with Crippen LogP contribution in [0.15, 0.2) is 95.9 Å². The Hall–Kier alpha value is -4.35. The van der Waals surface area contributed by atoms with Crippen molar-refractivity contribution in [2.24, 2.45) is 0 Å². The Kier molecular flexibility index (Phi) is 15.2. The topological polar surface area (TPSA) is 89.4 Å². The second-order valence-electron chi connectivity index (χ2n) is 16.3. The largest absolute Gasteiger partial charge is 0.371 e. The summed E-state index contributed by atoms with van der Waals surface area (Å²) < 4.78 is 1.11. The van der Waals surface area contributed by atoms with Crippen LogP contribution in [-0.4, -0.2) is 110 Å². The van der Waals surface area contributed by atoms with Gasteiger partial charge in [-0.2, -0.15) is 0 Å². The molecular weight excluding hydrogens is 784 g/mol. The Bertz CT molecular complexity index is 2200. The fourth-order valence-corrected chi connectivity index (χ4v) is 8.65. The highest BCUT2D eigenvalue weighted by Crippen LogP contribution is 2.32. The average molecular weight is 848 g/mol.